The molecule has 1 fully saturated rings. The topological polar surface area (TPSA) is 70.2 Å². The molecule has 5 heteroatoms. The third-order valence-corrected chi connectivity index (χ3v) is 2.78. The maximum atomic E-state index is 12.0. The lowest BCUT2D eigenvalue weighted by atomic mass is 10.1. The van der Waals surface area contributed by atoms with Gasteiger partial charge in [-0.3, -0.25) is 4.79 Å². The second-order valence-corrected chi connectivity index (χ2v) is 6.16. The molecule has 20 heavy (non-hydrogen) atoms. The molecule has 1 aliphatic rings. The zero-order chi connectivity index (χ0) is 14.8. The lowest BCUT2D eigenvalue weighted by molar-refractivity contribution is 0.0919. The highest BCUT2D eigenvalue weighted by Gasteiger charge is 2.23. The summed E-state index contributed by atoms with van der Waals surface area (Å²) in [5.41, 5.74) is 0.859. The van der Waals surface area contributed by atoms with E-state index in [-0.39, 0.29) is 17.5 Å². The number of carbonyl (C=O) groups excluding carboxylic acids is 2. The van der Waals surface area contributed by atoms with Gasteiger partial charge in [0.05, 0.1) is 0 Å². The first-order chi connectivity index (χ1) is 9.33. The zero-order valence-electron chi connectivity index (χ0n) is 12.1. The molecule has 1 aromatic carbocycles. The van der Waals surface area contributed by atoms with Crippen molar-refractivity contribution in [2.45, 2.75) is 45.2 Å². The molecule has 1 saturated carbocycles. The van der Waals surface area contributed by atoms with E-state index in [2.05, 4.69) is 16.0 Å². The summed E-state index contributed by atoms with van der Waals surface area (Å²) < 4.78 is 0. The van der Waals surface area contributed by atoms with Crippen LogP contribution in [0.4, 0.5) is 10.5 Å². The minimum atomic E-state index is -0.288. The number of amides is 3. The van der Waals surface area contributed by atoms with Gasteiger partial charge in [0.1, 0.15) is 0 Å². The van der Waals surface area contributed by atoms with E-state index < -0.39 is 0 Å². The van der Waals surface area contributed by atoms with Gasteiger partial charge < -0.3 is 16.0 Å². The van der Waals surface area contributed by atoms with Crippen LogP contribution in [0.15, 0.2) is 24.3 Å². The summed E-state index contributed by atoms with van der Waals surface area (Å²) in [4.78, 5) is 23.7. The molecular formula is C15H21N3O2. The SMILES string of the molecule is CC(C)(C)NC(=O)c1cccc(NC(=O)NC2CC2)c1. The Labute approximate surface area is 119 Å². The fraction of sp³-hybridized carbons (Fsp3) is 0.467. The minimum Gasteiger partial charge on any atom is -0.347 e. The molecule has 0 atom stereocenters. The molecule has 2 rings (SSSR count). The molecule has 0 spiro atoms. The molecule has 0 saturated heterocycles. The van der Waals surface area contributed by atoms with Gasteiger partial charge in [0.25, 0.3) is 5.91 Å². The fourth-order valence-corrected chi connectivity index (χ4v) is 1.73. The fourth-order valence-electron chi connectivity index (χ4n) is 1.73. The number of benzene rings is 1. The first kappa shape index (κ1) is 14.4. The average molecular weight is 275 g/mol. The van der Waals surface area contributed by atoms with Crippen LogP contribution in [0.5, 0.6) is 0 Å². The maximum absolute atomic E-state index is 12.0. The van der Waals surface area contributed by atoms with E-state index in [4.69, 9.17) is 0 Å². The van der Waals surface area contributed by atoms with E-state index in [0.717, 1.165) is 12.8 Å². The number of hydrogen-bond donors (Lipinski definition) is 3. The second-order valence-electron chi connectivity index (χ2n) is 6.16. The Morgan fingerprint density at radius 3 is 2.50 bits per heavy atom. The third kappa shape index (κ3) is 4.57. The van der Waals surface area contributed by atoms with Gasteiger partial charge in [-0.05, 0) is 51.8 Å². The Hall–Kier alpha value is -2.04. The van der Waals surface area contributed by atoms with Crippen molar-refractivity contribution < 1.29 is 9.59 Å². The quantitative estimate of drug-likeness (QED) is 0.793. The standard InChI is InChI=1S/C15H21N3O2/c1-15(2,3)18-13(19)10-5-4-6-12(9-10)17-14(20)16-11-7-8-11/h4-6,9,11H,7-8H2,1-3H3,(H,18,19)(H2,16,17,20). The van der Waals surface area contributed by atoms with Crippen molar-refractivity contribution in [1.29, 1.82) is 0 Å². The predicted molar refractivity (Wildman–Crippen MR) is 78.8 cm³/mol. The summed E-state index contributed by atoms with van der Waals surface area (Å²) in [6.45, 7) is 5.78. The largest absolute Gasteiger partial charge is 0.347 e. The predicted octanol–water partition coefficient (Wildman–Crippen LogP) is 2.50. The molecule has 108 valence electrons. The average Bonchev–Trinajstić information content (AvgIpc) is 3.10. The molecule has 0 heterocycles. The van der Waals surface area contributed by atoms with Crippen LogP contribution in [0, 0.1) is 0 Å². The molecule has 0 radical (unpaired) electrons. The second kappa shape index (κ2) is 5.53. The van der Waals surface area contributed by atoms with Crippen LogP contribution in [0.2, 0.25) is 0 Å². The molecule has 0 aliphatic heterocycles. The summed E-state index contributed by atoms with van der Waals surface area (Å²) in [5.74, 6) is -0.149. The monoisotopic (exact) mass is 275 g/mol. The molecule has 3 amide bonds. The first-order valence-electron chi connectivity index (χ1n) is 6.83. The van der Waals surface area contributed by atoms with Gasteiger partial charge in [-0.15, -0.1) is 0 Å². The minimum absolute atomic E-state index is 0.149. The summed E-state index contributed by atoms with van der Waals surface area (Å²) in [6, 6.07) is 7.01. The summed E-state index contributed by atoms with van der Waals surface area (Å²) in [5, 5.41) is 8.47. The number of anilines is 1. The molecule has 1 aliphatic carbocycles. The molecular weight excluding hydrogens is 254 g/mol. The van der Waals surface area contributed by atoms with Crippen LogP contribution in [-0.2, 0) is 0 Å². The third-order valence-electron chi connectivity index (χ3n) is 2.78. The van der Waals surface area contributed by atoms with Crippen molar-refractivity contribution in [3.63, 3.8) is 0 Å². The van der Waals surface area contributed by atoms with Crippen LogP contribution in [0.3, 0.4) is 0 Å². The van der Waals surface area contributed by atoms with E-state index in [0.29, 0.717) is 17.3 Å². The number of rotatable bonds is 3. The van der Waals surface area contributed by atoms with Gasteiger partial charge in [-0.2, -0.15) is 0 Å². The molecule has 0 bridgehead atoms. The van der Waals surface area contributed by atoms with Crippen molar-refractivity contribution in [3.8, 4) is 0 Å². The van der Waals surface area contributed by atoms with Crippen molar-refractivity contribution in [2.75, 3.05) is 5.32 Å². The Bertz CT molecular complexity index is 516. The Balaban J connectivity index is 1.99. The van der Waals surface area contributed by atoms with Crippen molar-refractivity contribution in [3.05, 3.63) is 29.8 Å². The lowest BCUT2D eigenvalue weighted by Gasteiger charge is -2.20. The van der Waals surface area contributed by atoms with E-state index in [1.807, 2.05) is 20.8 Å². The maximum Gasteiger partial charge on any atom is 0.319 e. The summed E-state index contributed by atoms with van der Waals surface area (Å²) in [7, 11) is 0. The number of hydrogen-bond acceptors (Lipinski definition) is 2. The van der Waals surface area contributed by atoms with Gasteiger partial charge in [-0.25, -0.2) is 4.79 Å². The summed E-state index contributed by atoms with van der Waals surface area (Å²) in [6.07, 6.45) is 2.09. The van der Waals surface area contributed by atoms with E-state index in [1.165, 1.54) is 0 Å². The van der Waals surface area contributed by atoms with Crippen LogP contribution in [0.1, 0.15) is 44.0 Å². The van der Waals surface area contributed by atoms with Crippen LogP contribution in [-0.4, -0.2) is 23.5 Å². The number of urea groups is 1. The molecule has 0 unspecified atom stereocenters. The Kier molecular flexibility index (Phi) is 3.97. The lowest BCUT2D eigenvalue weighted by Crippen LogP contribution is -2.40. The van der Waals surface area contributed by atoms with Crippen LogP contribution in [0.25, 0.3) is 0 Å². The number of nitrogens with one attached hydrogen (secondary N) is 3. The molecule has 3 N–H and O–H groups in total. The van der Waals surface area contributed by atoms with Gasteiger partial charge >= 0.3 is 6.03 Å². The van der Waals surface area contributed by atoms with E-state index >= 15 is 0 Å². The first-order valence-corrected chi connectivity index (χ1v) is 6.83. The zero-order valence-corrected chi connectivity index (χ0v) is 12.1. The molecule has 1 aromatic rings. The van der Waals surface area contributed by atoms with Crippen molar-refractivity contribution >= 4 is 17.6 Å². The van der Waals surface area contributed by atoms with Crippen LogP contribution >= 0.6 is 0 Å². The van der Waals surface area contributed by atoms with Crippen LogP contribution < -0.4 is 16.0 Å². The highest BCUT2D eigenvalue weighted by atomic mass is 16.2. The highest BCUT2D eigenvalue weighted by molar-refractivity contribution is 5.97. The van der Waals surface area contributed by atoms with Gasteiger partial charge in [0, 0.05) is 22.8 Å². The van der Waals surface area contributed by atoms with Crippen molar-refractivity contribution in [1.82, 2.24) is 10.6 Å². The van der Waals surface area contributed by atoms with Gasteiger partial charge in [0.15, 0.2) is 0 Å². The summed E-state index contributed by atoms with van der Waals surface area (Å²) >= 11 is 0. The number of carbonyl (C=O) groups is 2. The normalized spacial score (nSPS) is 14.6. The van der Waals surface area contributed by atoms with E-state index in [9.17, 15) is 9.59 Å². The smallest absolute Gasteiger partial charge is 0.319 e. The van der Waals surface area contributed by atoms with E-state index in [1.54, 1.807) is 24.3 Å². The Morgan fingerprint density at radius 2 is 1.90 bits per heavy atom. The molecule has 5 nitrogen and oxygen atoms in total. The Morgan fingerprint density at radius 1 is 1.20 bits per heavy atom. The molecule has 0 aromatic heterocycles. The van der Waals surface area contributed by atoms with Gasteiger partial charge in [0.2, 0.25) is 0 Å². The van der Waals surface area contributed by atoms with Gasteiger partial charge in [-0.1, -0.05) is 6.07 Å². The highest BCUT2D eigenvalue weighted by Crippen LogP contribution is 2.19. The van der Waals surface area contributed by atoms with Crippen molar-refractivity contribution in [2.24, 2.45) is 0 Å².